The van der Waals surface area contributed by atoms with Crippen LogP contribution in [0.3, 0.4) is 0 Å². The van der Waals surface area contributed by atoms with Crippen molar-refractivity contribution < 1.29 is 19.1 Å². The molecule has 0 aliphatic carbocycles. The molecular formula is C19H27NO4. The molecule has 2 rings (SSSR count). The number of likely N-dealkylation sites (tertiary alicyclic amines) is 1. The number of piperidine rings is 1. The van der Waals surface area contributed by atoms with Gasteiger partial charge in [-0.15, -0.1) is 0 Å². The fourth-order valence-corrected chi connectivity index (χ4v) is 2.84. The van der Waals surface area contributed by atoms with E-state index < -0.39 is 5.60 Å². The highest BCUT2D eigenvalue weighted by Gasteiger charge is 2.29. The lowest BCUT2D eigenvalue weighted by atomic mass is 9.89. The van der Waals surface area contributed by atoms with Crippen LogP contribution < -0.4 is 4.74 Å². The third-order valence-corrected chi connectivity index (χ3v) is 4.11. The van der Waals surface area contributed by atoms with Crippen LogP contribution in [0.25, 0.3) is 0 Å². The number of carbonyl (C=O) groups is 2. The molecule has 1 amide bonds. The van der Waals surface area contributed by atoms with Gasteiger partial charge in [-0.1, -0.05) is 12.1 Å². The third kappa shape index (κ3) is 5.25. The second-order valence-corrected chi connectivity index (χ2v) is 7.24. The van der Waals surface area contributed by atoms with Gasteiger partial charge in [0.1, 0.15) is 17.1 Å². The summed E-state index contributed by atoms with van der Waals surface area (Å²) in [4.78, 5) is 26.2. The summed E-state index contributed by atoms with van der Waals surface area (Å²) in [6, 6.07) is 7.60. The van der Waals surface area contributed by atoms with Crippen LogP contribution in [0, 0.1) is 5.92 Å². The van der Waals surface area contributed by atoms with Crippen LogP contribution in [0.5, 0.6) is 5.75 Å². The highest BCUT2D eigenvalue weighted by Crippen LogP contribution is 2.22. The summed E-state index contributed by atoms with van der Waals surface area (Å²) in [5, 5.41) is 0. The highest BCUT2D eigenvalue weighted by atomic mass is 16.6. The van der Waals surface area contributed by atoms with Gasteiger partial charge >= 0.3 is 6.09 Å². The molecule has 0 N–H and O–H groups in total. The van der Waals surface area contributed by atoms with E-state index in [1.54, 1.807) is 12.0 Å². The zero-order chi connectivity index (χ0) is 17.7. The zero-order valence-electron chi connectivity index (χ0n) is 15.0. The first-order valence-electron chi connectivity index (χ1n) is 8.42. The molecule has 1 fully saturated rings. The number of Topliss-reactive ketones (excluding diaryl/α,β-unsaturated/α-hetero) is 1. The van der Waals surface area contributed by atoms with Crippen molar-refractivity contribution in [3.63, 3.8) is 0 Å². The van der Waals surface area contributed by atoms with E-state index in [2.05, 4.69) is 0 Å². The monoisotopic (exact) mass is 333 g/mol. The number of rotatable bonds is 4. The van der Waals surface area contributed by atoms with Gasteiger partial charge in [0.05, 0.1) is 7.11 Å². The predicted octanol–water partition coefficient (Wildman–Crippen LogP) is 3.45. The van der Waals surface area contributed by atoms with Crippen LogP contribution in [0.4, 0.5) is 4.79 Å². The van der Waals surface area contributed by atoms with E-state index in [1.807, 2.05) is 45.0 Å². The molecule has 5 nitrogen and oxygen atoms in total. The number of nitrogens with zero attached hydrogens (tertiary/aromatic N) is 1. The average molecular weight is 333 g/mol. The first kappa shape index (κ1) is 18.3. The molecular weight excluding hydrogens is 306 g/mol. The number of amides is 1. The van der Waals surface area contributed by atoms with Crippen molar-refractivity contribution in [2.75, 3.05) is 20.2 Å². The maximum Gasteiger partial charge on any atom is 0.410 e. The molecule has 1 aliphatic heterocycles. The summed E-state index contributed by atoms with van der Waals surface area (Å²) in [6.07, 6.45) is 1.51. The molecule has 1 saturated heterocycles. The Balaban J connectivity index is 1.85. The molecule has 1 heterocycles. The van der Waals surface area contributed by atoms with Gasteiger partial charge in [-0.25, -0.2) is 4.79 Å². The molecule has 0 aromatic heterocycles. The summed E-state index contributed by atoms with van der Waals surface area (Å²) >= 11 is 0. The zero-order valence-corrected chi connectivity index (χ0v) is 15.0. The Morgan fingerprint density at radius 1 is 1.21 bits per heavy atom. The number of ketones is 1. The van der Waals surface area contributed by atoms with Crippen molar-refractivity contribution in [2.24, 2.45) is 5.92 Å². The quantitative estimate of drug-likeness (QED) is 0.847. The second-order valence-electron chi connectivity index (χ2n) is 7.24. The van der Waals surface area contributed by atoms with Gasteiger partial charge in [0.25, 0.3) is 0 Å². The Morgan fingerprint density at radius 2 is 1.88 bits per heavy atom. The summed E-state index contributed by atoms with van der Waals surface area (Å²) in [6.45, 7) is 6.72. The molecule has 0 spiro atoms. The maximum atomic E-state index is 12.5. The van der Waals surface area contributed by atoms with Gasteiger partial charge in [0, 0.05) is 25.4 Å². The molecule has 0 atom stereocenters. The summed E-state index contributed by atoms with van der Waals surface area (Å²) in [7, 11) is 1.62. The van der Waals surface area contributed by atoms with E-state index in [4.69, 9.17) is 9.47 Å². The van der Waals surface area contributed by atoms with Crippen LogP contribution in [0.15, 0.2) is 24.3 Å². The van der Waals surface area contributed by atoms with Crippen LogP contribution in [-0.4, -0.2) is 42.6 Å². The third-order valence-electron chi connectivity index (χ3n) is 4.11. The normalized spacial score (nSPS) is 15.9. The van der Waals surface area contributed by atoms with Gasteiger partial charge < -0.3 is 14.4 Å². The predicted molar refractivity (Wildman–Crippen MR) is 92.2 cm³/mol. The van der Waals surface area contributed by atoms with Gasteiger partial charge in [0.15, 0.2) is 0 Å². The molecule has 24 heavy (non-hydrogen) atoms. The summed E-state index contributed by atoms with van der Waals surface area (Å²) in [5.74, 6) is 1.00. The van der Waals surface area contributed by atoms with Crippen molar-refractivity contribution >= 4 is 11.9 Å². The van der Waals surface area contributed by atoms with Gasteiger partial charge in [0.2, 0.25) is 0 Å². The van der Waals surface area contributed by atoms with E-state index in [1.165, 1.54) is 0 Å². The smallest absolute Gasteiger partial charge is 0.410 e. The van der Waals surface area contributed by atoms with E-state index in [0.717, 1.165) is 11.3 Å². The van der Waals surface area contributed by atoms with Crippen molar-refractivity contribution in [1.82, 2.24) is 4.90 Å². The minimum Gasteiger partial charge on any atom is -0.497 e. The maximum absolute atomic E-state index is 12.5. The number of ether oxygens (including phenoxy) is 2. The number of carbonyl (C=O) groups excluding carboxylic acids is 2. The van der Waals surface area contributed by atoms with Gasteiger partial charge in [-0.2, -0.15) is 0 Å². The van der Waals surface area contributed by atoms with E-state index >= 15 is 0 Å². The first-order valence-corrected chi connectivity index (χ1v) is 8.42. The summed E-state index contributed by atoms with van der Waals surface area (Å²) < 4.78 is 10.6. The van der Waals surface area contributed by atoms with Crippen molar-refractivity contribution in [3.8, 4) is 5.75 Å². The molecule has 1 aromatic rings. The Bertz CT molecular complexity index is 583. The van der Waals surface area contributed by atoms with Crippen molar-refractivity contribution in [2.45, 2.75) is 45.6 Å². The van der Waals surface area contributed by atoms with Crippen LogP contribution in [0.2, 0.25) is 0 Å². The van der Waals surface area contributed by atoms with Crippen molar-refractivity contribution in [1.29, 1.82) is 0 Å². The Kier molecular flexibility index (Phi) is 5.86. The topological polar surface area (TPSA) is 55.8 Å². The fraction of sp³-hybridized carbons (Fsp3) is 0.579. The van der Waals surface area contributed by atoms with E-state index in [0.29, 0.717) is 32.4 Å². The van der Waals surface area contributed by atoms with Crippen LogP contribution in [0.1, 0.15) is 39.2 Å². The molecule has 0 radical (unpaired) electrons. The number of benzene rings is 1. The van der Waals surface area contributed by atoms with E-state index in [-0.39, 0.29) is 17.8 Å². The van der Waals surface area contributed by atoms with E-state index in [9.17, 15) is 9.59 Å². The standard InChI is InChI=1S/C19H27NO4/c1-19(2,3)24-18(22)20-10-8-15(9-11-20)17(21)13-14-6-5-7-16(12-14)23-4/h5-7,12,15H,8-11,13H2,1-4H3. The summed E-state index contributed by atoms with van der Waals surface area (Å²) in [5.41, 5.74) is 0.477. The fourth-order valence-electron chi connectivity index (χ4n) is 2.84. The SMILES string of the molecule is COc1cccc(CC(=O)C2CCN(C(=O)OC(C)(C)C)CC2)c1. The second kappa shape index (κ2) is 7.69. The molecule has 0 saturated carbocycles. The van der Waals surface area contributed by atoms with Crippen LogP contribution >= 0.6 is 0 Å². The molecule has 0 bridgehead atoms. The van der Waals surface area contributed by atoms with Crippen molar-refractivity contribution in [3.05, 3.63) is 29.8 Å². The molecule has 0 unspecified atom stereocenters. The first-order chi connectivity index (χ1) is 11.3. The Labute approximate surface area is 143 Å². The molecule has 132 valence electrons. The number of hydrogen-bond donors (Lipinski definition) is 0. The minimum absolute atomic E-state index is 0.00916. The lowest BCUT2D eigenvalue weighted by Gasteiger charge is -2.33. The highest BCUT2D eigenvalue weighted by molar-refractivity contribution is 5.83. The Hall–Kier alpha value is -2.04. The van der Waals surface area contributed by atoms with Crippen LogP contribution in [-0.2, 0) is 16.0 Å². The molecule has 1 aliphatic rings. The lowest BCUT2D eigenvalue weighted by Crippen LogP contribution is -2.43. The van der Waals surface area contributed by atoms with Gasteiger partial charge in [-0.3, -0.25) is 4.79 Å². The molecule has 1 aromatic carbocycles. The lowest BCUT2D eigenvalue weighted by molar-refractivity contribution is -0.123. The molecule has 5 heteroatoms. The average Bonchev–Trinajstić information content (AvgIpc) is 2.53. The van der Waals surface area contributed by atoms with Gasteiger partial charge in [-0.05, 0) is 51.3 Å². The number of methoxy groups -OCH3 is 1. The largest absolute Gasteiger partial charge is 0.497 e. The minimum atomic E-state index is -0.490. The Morgan fingerprint density at radius 3 is 2.46 bits per heavy atom. The number of hydrogen-bond acceptors (Lipinski definition) is 4.